The number of ether oxygens (including phenoxy) is 1. The van der Waals surface area contributed by atoms with E-state index in [0.29, 0.717) is 29.5 Å². The number of aromatic nitrogens is 5. The van der Waals surface area contributed by atoms with Gasteiger partial charge in [0.15, 0.2) is 12.3 Å². The molecule has 0 saturated carbocycles. The van der Waals surface area contributed by atoms with Crippen LogP contribution in [0, 0.1) is 0 Å². The molecule has 0 spiro atoms. The number of tetrazole rings is 1. The first-order valence-corrected chi connectivity index (χ1v) is 12.0. The topological polar surface area (TPSA) is 116 Å². The number of benzene rings is 1. The average molecular weight is 480 g/mol. The Labute approximate surface area is 205 Å². The van der Waals surface area contributed by atoms with Crippen LogP contribution < -0.4 is 5.32 Å². The Morgan fingerprint density at radius 1 is 1.11 bits per heavy atom. The summed E-state index contributed by atoms with van der Waals surface area (Å²) in [6.45, 7) is 4.98. The molecule has 0 aliphatic rings. The molecule has 186 valence electrons. The Bertz CT molecular complexity index is 1090. The van der Waals surface area contributed by atoms with Crippen LogP contribution in [-0.2, 0) is 28.0 Å². The van der Waals surface area contributed by atoms with E-state index in [0.717, 1.165) is 37.9 Å². The minimum absolute atomic E-state index is 0.0563. The molecule has 10 heteroatoms. The fourth-order valence-corrected chi connectivity index (χ4v) is 3.55. The van der Waals surface area contributed by atoms with Crippen molar-refractivity contribution in [2.75, 3.05) is 11.9 Å². The molecule has 35 heavy (non-hydrogen) atoms. The number of pyridine rings is 1. The van der Waals surface area contributed by atoms with Crippen molar-refractivity contribution in [1.29, 1.82) is 0 Å². The van der Waals surface area contributed by atoms with Crippen molar-refractivity contribution in [1.82, 2.24) is 25.2 Å². The first kappa shape index (κ1) is 26.0. The van der Waals surface area contributed by atoms with Gasteiger partial charge in [0.1, 0.15) is 5.82 Å². The van der Waals surface area contributed by atoms with Crippen LogP contribution in [0.25, 0.3) is 0 Å². The van der Waals surface area contributed by atoms with Crippen molar-refractivity contribution < 1.29 is 14.4 Å². The number of hydrogen-bond donors (Lipinski definition) is 1. The number of anilines is 1. The second-order valence-corrected chi connectivity index (χ2v) is 8.00. The van der Waals surface area contributed by atoms with Gasteiger partial charge in [-0.15, -0.1) is 5.10 Å². The third kappa shape index (κ3) is 8.25. The van der Waals surface area contributed by atoms with Gasteiger partial charge in [0.25, 0.3) is 0 Å². The summed E-state index contributed by atoms with van der Waals surface area (Å²) in [7, 11) is 1.74. The fourth-order valence-electron chi connectivity index (χ4n) is 3.55. The molecular formula is C25H33N7O3. The highest BCUT2D eigenvalue weighted by Gasteiger charge is 2.15. The lowest BCUT2D eigenvalue weighted by molar-refractivity contribution is -0.116. The fraction of sp³-hybridized carbons (Fsp3) is 0.440. The molecule has 3 rings (SSSR count). The van der Waals surface area contributed by atoms with Gasteiger partial charge in [0.2, 0.25) is 11.7 Å². The Kier molecular flexibility index (Phi) is 10.3. The highest BCUT2D eigenvalue weighted by atomic mass is 16.6. The predicted molar refractivity (Wildman–Crippen MR) is 133 cm³/mol. The van der Waals surface area contributed by atoms with Gasteiger partial charge in [-0.2, -0.15) is 0 Å². The first-order chi connectivity index (χ1) is 17.1. The Hall–Kier alpha value is -3.66. The SMILES string of the molecule is CCOC(CC)CCCCC(=O)Nc1cccc(CON=C(c2ccccc2)c2nnnn2C)n1. The van der Waals surface area contributed by atoms with E-state index in [1.165, 1.54) is 4.68 Å². The molecule has 0 aliphatic carbocycles. The number of carbonyl (C=O) groups is 1. The van der Waals surface area contributed by atoms with Crippen LogP contribution in [0.15, 0.2) is 53.7 Å². The van der Waals surface area contributed by atoms with E-state index in [-0.39, 0.29) is 18.6 Å². The lowest BCUT2D eigenvalue weighted by atomic mass is 10.1. The van der Waals surface area contributed by atoms with E-state index < -0.39 is 0 Å². The molecular weight excluding hydrogens is 446 g/mol. The number of carbonyl (C=O) groups excluding carboxylic acids is 1. The van der Waals surface area contributed by atoms with Crippen molar-refractivity contribution in [2.45, 2.75) is 58.7 Å². The highest BCUT2D eigenvalue weighted by molar-refractivity contribution is 6.10. The zero-order valence-electron chi connectivity index (χ0n) is 20.6. The number of oxime groups is 1. The summed E-state index contributed by atoms with van der Waals surface area (Å²) in [5, 5.41) is 18.8. The van der Waals surface area contributed by atoms with Gasteiger partial charge in [-0.25, -0.2) is 9.67 Å². The van der Waals surface area contributed by atoms with Crippen molar-refractivity contribution in [2.24, 2.45) is 12.2 Å². The molecule has 0 bridgehead atoms. The van der Waals surface area contributed by atoms with Gasteiger partial charge >= 0.3 is 0 Å². The largest absolute Gasteiger partial charge is 0.389 e. The summed E-state index contributed by atoms with van der Waals surface area (Å²) in [5.74, 6) is 0.914. The normalized spacial score (nSPS) is 12.4. The summed E-state index contributed by atoms with van der Waals surface area (Å²) in [6.07, 6.45) is 4.45. The van der Waals surface area contributed by atoms with Gasteiger partial charge in [0.05, 0.1) is 11.8 Å². The molecule has 1 N–H and O–H groups in total. The number of rotatable bonds is 14. The molecule has 0 aliphatic heterocycles. The second-order valence-electron chi connectivity index (χ2n) is 8.00. The molecule has 3 aromatic rings. The monoisotopic (exact) mass is 479 g/mol. The molecule has 1 atom stereocenters. The quantitative estimate of drug-likeness (QED) is 0.212. The van der Waals surface area contributed by atoms with Gasteiger partial charge in [-0.1, -0.05) is 54.9 Å². The Morgan fingerprint density at radius 3 is 2.66 bits per heavy atom. The van der Waals surface area contributed by atoms with E-state index in [1.807, 2.05) is 49.4 Å². The summed E-state index contributed by atoms with van der Waals surface area (Å²) >= 11 is 0. The lowest BCUT2D eigenvalue weighted by Gasteiger charge is -2.14. The number of aryl methyl sites for hydroxylation is 1. The molecule has 10 nitrogen and oxygen atoms in total. The third-order valence-corrected chi connectivity index (χ3v) is 5.36. The smallest absolute Gasteiger partial charge is 0.225 e. The van der Waals surface area contributed by atoms with Crippen LogP contribution in [0.4, 0.5) is 5.82 Å². The highest BCUT2D eigenvalue weighted by Crippen LogP contribution is 2.13. The molecule has 1 amide bonds. The van der Waals surface area contributed by atoms with Gasteiger partial charge in [-0.05, 0) is 48.7 Å². The number of nitrogens with one attached hydrogen (secondary N) is 1. The van der Waals surface area contributed by atoms with Gasteiger partial charge in [-0.3, -0.25) is 4.79 Å². The zero-order chi connectivity index (χ0) is 24.9. The standard InChI is InChI=1S/C25H33N7O3/c1-4-21(34-5-2)15-9-10-17-23(33)27-22-16-11-14-20(26-22)18-35-29-24(19-12-7-6-8-13-19)25-28-30-31-32(25)3/h6-8,11-14,16,21H,4-5,9-10,15,17-18H2,1-3H3,(H,26,27,33). The number of unbranched alkanes of at least 4 members (excludes halogenated alkanes) is 1. The number of hydrogen-bond acceptors (Lipinski definition) is 8. The van der Waals surface area contributed by atoms with Gasteiger partial charge < -0.3 is 14.9 Å². The number of amides is 1. The Balaban J connectivity index is 1.53. The minimum Gasteiger partial charge on any atom is -0.389 e. The summed E-state index contributed by atoms with van der Waals surface area (Å²) in [4.78, 5) is 22.4. The third-order valence-electron chi connectivity index (χ3n) is 5.36. The van der Waals surface area contributed by atoms with E-state index >= 15 is 0 Å². The maximum Gasteiger partial charge on any atom is 0.225 e. The summed E-state index contributed by atoms with van der Waals surface area (Å²) in [6, 6.07) is 14.9. The van der Waals surface area contributed by atoms with E-state index in [1.54, 1.807) is 13.1 Å². The maximum atomic E-state index is 12.3. The summed E-state index contributed by atoms with van der Waals surface area (Å²) < 4.78 is 7.19. The van der Waals surface area contributed by atoms with Crippen LogP contribution in [0.1, 0.15) is 63.0 Å². The second kappa shape index (κ2) is 13.9. The van der Waals surface area contributed by atoms with Crippen molar-refractivity contribution in [3.63, 3.8) is 0 Å². The van der Waals surface area contributed by atoms with Crippen molar-refractivity contribution in [3.05, 3.63) is 65.6 Å². The van der Waals surface area contributed by atoms with Gasteiger partial charge in [0, 0.05) is 25.6 Å². The van der Waals surface area contributed by atoms with Crippen molar-refractivity contribution in [3.8, 4) is 0 Å². The molecule has 1 aromatic carbocycles. The maximum absolute atomic E-state index is 12.3. The van der Waals surface area contributed by atoms with Crippen LogP contribution >= 0.6 is 0 Å². The predicted octanol–water partition coefficient (Wildman–Crippen LogP) is 3.89. The first-order valence-electron chi connectivity index (χ1n) is 12.0. The molecule has 2 aromatic heterocycles. The van der Waals surface area contributed by atoms with Crippen LogP contribution in [0.5, 0.6) is 0 Å². The molecule has 0 fully saturated rings. The van der Waals surface area contributed by atoms with E-state index in [4.69, 9.17) is 9.57 Å². The van der Waals surface area contributed by atoms with E-state index in [9.17, 15) is 4.79 Å². The molecule has 0 saturated heterocycles. The van der Waals surface area contributed by atoms with Crippen LogP contribution in [0.3, 0.4) is 0 Å². The molecule has 2 heterocycles. The number of nitrogens with zero attached hydrogens (tertiary/aromatic N) is 6. The summed E-state index contributed by atoms with van der Waals surface area (Å²) in [5.41, 5.74) is 1.97. The Morgan fingerprint density at radius 2 is 1.94 bits per heavy atom. The zero-order valence-corrected chi connectivity index (χ0v) is 20.6. The van der Waals surface area contributed by atoms with Crippen LogP contribution in [-0.4, -0.2) is 49.5 Å². The average Bonchev–Trinajstić information content (AvgIpc) is 3.30. The van der Waals surface area contributed by atoms with E-state index in [2.05, 4.69) is 37.9 Å². The molecule has 0 radical (unpaired) electrons. The lowest BCUT2D eigenvalue weighted by Crippen LogP contribution is -2.14. The van der Waals surface area contributed by atoms with Crippen molar-refractivity contribution >= 4 is 17.4 Å². The molecule has 1 unspecified atom stereocenters. The minimum atomic E-state index is -0.0563. The van der Waals surface area contributed by atoms with Crippen LogP contribution in [0.2, 0.25) is 0 Å².